The minimum Gasteiger partial charge on any atom is -0.301 e. The van der Waals surface area contributed by atoms with Crippen LogP contribution in [0.25, 0.3) is 5.65 Å². The van der Waals surface area contributed by atoms with Crippen molar-refractivity contribution in [2.24, 2.45) is 5.92 Å². The first-order chi connectivity index (χ1) is 11.6. The van der Waals surface area contributed by atoms with Crippen molar-refractivity contribution in [3.05, 3.63) is 34.8 Å². The van der Waals surface area contributed by atoms with Crippen LogP contribution in [0.15, 0.2) is 12.1 Å². The lowest BCUT2D eigenvalue weighted by atomic mass is 9.83. The molecule has 0 N–H and O–H groups in total. The maximum atomic E-state index is 13.4. The molecule has 0 atom stereocenters. The Kier molecular flexibility index (Phi) is 4.33. The Morgan fingerprint density at radius 1 is 1.28 bits per heavy atom. The van der Waals surface area contributed by atoms with Crippen LogP contribution in [0.2, 0.25) is 0 Å². The second-order valence-corrected chi connectivity index (χ2v) is 6.65. The Balaban J connectivity index is 2.04. The molecule has 0 spiro atoms. The number of halogens is 5. The molecule has 1 saturated carbocycles. The van der Waals surface area contributed by atoms with Gasteiger partial charge in [-0.2, -0.15) is 13.2 Å². The molecule has 0 unspecified atom stereocenters. The van der Waals surface area contributed by atoms with E-state index >= 15 is 0 Å². The highest BCUT2D eigenvalue weighted by molar-refractivity contribution is 5.77. The molecule has 8 heteroatoms. The number of rotatable bonds is 3. The van der Waals surface area contributed by atoms with Crippen molar-refractivity contribution in [1.29, 1.82) is 0 Å². The summed E-state index contributed by atoms with van der Waals surface area (Å²) in [4.78, 5) is 14.6. The van der Waals surface area contributed by atoms with Crippen LogP contribution < -0.4 is 0 Å². The molecule has 3 nitrogen and oxygen atoms in total. The summed E-state index contributed by atoms with van der Waals surface area (Å²) < 4.78 is 68.2. The van der Waals surface area contributed by atoms with Crippen LogP contribution >= 0.6 is 0 Å². The molecular weight excluding hydrogens is 343 g/mol. The zero-order chi connectivity index (χ0) is 18.4. The van der Waals surface area contributed by atoms with Gasteiger partial charge in [-0.1, -0.05) is 0 Å². The van der Waals surface area contributed by atoms with Crippen molar-refractivity contribution < 1.29 is 26.7 Å². The number of alkyl halides is 5. The number of pyridine rings is 1. The van der Waals surface area contributed by atoms with E-state index < -0.39 is 17.8 Å². The molecule has 1 fully saturated rings. The fraction of sp³-hybridized carbons (Fsp3) is 0.529. The minimum absolute atomic E-state index is 0.0207. The van der Waals surface area contributed by atoms with Crippen LogP contribution in [0.5, 0.6) is 0 Å². The summed E-state index contributed by atoms with van der Waals surface area (Å²) in [5, 5.41) is 0. The largest absolute Gasteiger partial charge is 0.435 e. The number of hydrogen-bond acceptors (Lipinski definition) is 2. The number of carbonyl (C=O) groups excluding carboxylic acids is 1. The monoisotopic (exact) mass is 360 g/mol. The summed E-state index contributed by atoms with van der Waals surface area (Å²) in [6.45, 7) is 1.60. The standard InChI is InChI=1S/C17H17F5N2O/c1-10-6-12(9-25)8-14-23-15(17(20,21)22)13(24(10)14)7-11-2-4-16(18,19)5-3-11/h6,8-9,11H,2-5,7H2,1H3. The zero-order valence-corrected chi connectivity index (χ0v) is 13.5. The van der Waals surface area contributed by atoms with Gasteiger partial charge in [0.2, 0.25) is 5.92 Å². The van der Waals surface area contributed by atoms with Crippen molar-refractivity contribution in [1.82, 2.24) is 9.38 Å². The van der Waals surface area contributed by atoms with E-state index in [1.165, 1.54) is 16.5 Å². The van der Waals surface area contributed by atoms with E-state index in [0.717, 1.165) is 0 Å². The third-order valence-corrected chi connectivity index (χ3v) is 4.75. The lowest BCUT2D eigenvalue weighted by Crippen LogP contribution is -2.26. The lowest BCUT2D eigenvalue weighted by Gasteiger charge is -2.28. The van der Waals surface area contributed by atoms with Crippen molar-refractivity contribution in [3.8, 4) is 0 Å². The molecule has 1 aliphatic rings. The van der Waals surface area contributed by atoms with E-state index in [4.69, 9.17) is 0 Å². The highest BCUT2D eigenvalue weighted by Crippen LogP contribution is 2.40. The maximum absolute atomic E-state index is 13.4. The highest BCUT2D eigenvalue weighted by atomic mass is 19.4. The number of imidazole rings is 1. The average Bonchev–Trinajstić information content (AvgIpc) is 2.88. The van der Waals surface area contributed by atoms with Crippen LogP contribution in [0.1, 0.15) is 53.1 Å². The maximum Gasteiger partial charge on any atom is 0.435 e. The number of fused-ring (bicyclic) bond motifs is 1. The van der Waals surface area contributed by atoms with Crippen LogP contribution in [0.4, 0.5) is 22.0 Å². The first-order valence-electron chi connectivity index (χ1n) is 8.03. The summed E-state index contributed by atoms with van der Waals surface area (Å²) in [7, 11) is 0. The molecule has 25 heavy (non-hydrogen) atoms. The van der Waals surface area contributed by atoms with Gasteiger partial charge in [-0.05, 0) is 44.2 Å². The first kappa shape index (κ1) is 17.8. The number of nitrogens with zero attached hydrogens (tertiary/aromatic N) is 2. The highest BCUT2D eigenvalue weighted by Gasteiger charge is 2.40. The van der Waals surface area contributed by atoms with Gasteiger partial charge in [0.25, 0.3) is 0 Å². The lowest BCUT2D eigenvalue weighted by molar-refractivity contribution is -0.141. The van der Waals surface area contributed by atoms with Crippen LogP contribution in [-0.2, 0) is 12.6 Å². The first-order valence-corrected chi connectivity index (χ1v) is 8.03. The van der Waals surface area contributed by atoms with Gasteiger partial charge in [0, 0.05) is 24.1 Å². The molecular formula is C17H17F5N2O. The molecule has 1 aliphatic carbocycles. The third-order valence-electron chi connectivity index (χ3n) is 4.75. The van der Waals surface area contributed by atoms with Crippen molar-refractivity contribution >= 4 is 11.9 Å². The average molecular weight is 360 g/mol. The Morgan fingerprint density at radius 3 is 2.48 bits per heavy atom. The molecule has 0 amide bonds. The van der Waals surface area contributed by atoms with E-state index in [1.54, 1.807) is 6.92 Å². The van der Waals surface area contributed by atoms with Gasteiger partial charge in [-0.25, -0.2) is 13.8 Å². The second kappa shape index (κ2) is 6.07. The molecule has 2 heterocycles. The number of aldehydes is 1. The van der Waals surface area contributed by atoms with Crippen LogP contribution in [0, 0.1) is 12.8 Å². The SMILES string of the molecule is Cc1cc(C=O)cc2nc(C(F)(F)F)c(CC3CCC(F)(F)CC3)n12. The third kappa shape index (κ3) is 3.52. The van der Waals surface area contributed by atoms with E-state index in [9.17, 15) is 26.7 Å². The van der Waals surface area contributed by atoms with Crippen molar-refractivity contribution in [3.63, 3.8) is 0 Å². The van der Waals surface area contributed by atoms with Gasteiger partial charge in [0.05, 0.1) is 5.69 Å². The predicted octanol–water partition coefficient (Wildman–Crippen LogP) is 4.84. The topological polar surface area (TPSA) is 34.4 Å². The van der Waals surface area contributed by atoms with E-state index in [0.29, 0.717) is 12.0 Å². The molecule has 136 valence electrons. The molecule has 2 aromatic rings. The van der Waals surface area contributed by atoms with Crippen LogP contribution in [0.3, 0.4) is 0 Å². The summed E-state index contributed by atoms with van der Waals surface area (Å²) in [6, 6.07) is 2.79. The van der Waals surface area contributed by atoms with Gasteiger partial charge < -0.3 is 4.40 Å². The molecule has 2 aromatic heterocycles. The number of hydrogen-bond donors (Lipinski definition) is 0. The molecule has 0 radical (unpaired) electrons. The van der Waals surface area contributed by atoms with Gasteiger partial charge in [0.1, 0.15) is 11.9 Å². The molecule has 0 bridgehead atoms. The van der Waals surface area contributed by atoms with E-state index in [-0.39, 0.29) is 54.9 Å². The van der Waals surface area contributed by atoms with Gasteiger partial charge in [-0.15, -0.1) is 0 Å². The molecule has 0 aromatic carbocycles. The summed E-state index contributed by atoms with van der Waals surface area (Å²) in [5.74, 6) is -2.97. The van der Waals surface area contributed by atoms with Crippen molar-refractivity contribution in [2.75, 3.05) is 0 Å². The zero-order valence-electron chi connectivity index (χ0n) is 13.5. The summed E-state index contributed by atoms with van der Waals surface area (Å²) in [5.41, 5.74) is -0.277. The van der Waals surface area contributed by atoms with Gasteiger partial charge in [0.15, 0.2) is 5.69 Å². The van der Waals surface area contributed by atoms with E-state index in [1.807, 2.05) is 0 Å². The summed E-state index contributed by atoms with van der Waals surface area (Å²) in [6.07, 6.45) is -4.29. The number of aromatic nitrogens is 2. The smallest absolute Gasteiger partial charge is 0.301 e. The molecule has 3 rings (SSSR count). The number of aryl methyl sites for hydroxylation is 1. The van der Waals surface area contributed by atoms with E-state index in [2.05, 4.69) is 4.98 Å². The Morgan fingerprint density at radius 2 is 1.92 bits per heavy atom. The van der Waals surface area contributed by atoms with Crippen LogP contribution in [-0.4, -0.2) is 21.6 Å². The molecule has 0 saturated heterocycles. The number of carbonyl (C=O) groups is 1. The quantitative estimate of drug-likeness (QED) is 0.580. The molecule has 0 aliphatic heterocycles. The predicted molar refractivity (Wildman–Crippen MR) is 80.9 cm³/mol. The van der Waals surface area contributed by atoms with Crippen molar-refractivity contribution in [2.45, 2.75) is 51.1 Å². The normalized spacial score (nSPS) is 18.6. The Labute approximate surface area is 140 Å². The Hall–Kier alpha value is -1.99. The summed E-state index contributed by atoms with van der Waals surface area (Å²) >= 11 is 0. The fourth-order valence-electron chi connectivity index (χ4n) is 3.52. The second-order valence-electron chi connectivity index (χ2n) is 6.65. The fourth-order valence-corrected chi connectivity index (χ4v) is 3.52. The Bertz CT molecular complexity index is 799. The minimum atomic E-state index is -4.65. The van der Waals surface area contributed by atoms with Gasteiger partial charge >= 0.3 is 6.18 Å². The van der Waals surface area contributed by atoms with Gasteiger partial charge in [-0.3, -0.25) is 4.79 Å².